The Morgan fingerprint density at radius 3 is 2.24 bits per heavy atom. The van der Waals surface area contributed by atoms with Gasteiger partial charge in [0.15, 0.2) is 0 Å². The lowest BCUT2D eigenvalue weighted by atomic mass is 9.86. The van der Waals surface area contributed by atoms with E-state index in [-0.39, 0.29) is 23.6 Å². The lowest BCUT2D eigenvalue weighted by Gasteiger charge is -2.27. The molecule has 1 heterocycles. The summed E-state index contributed by atoms with van der Waals surface area (Å²) in [6.45, 7) is 3.90. The first kappa shape index (κ1) is 27.7. The van der Waals surface area contributed by atoms with Gasteiger partial charge in [-0.15, -0.1) is 11.3 Å². The highest BCUT2D eigenvalue weighted by molar-refractivity contribution is 7.12. The number of aryl methyl sites for hydroxylation is 2. The van der Waals surface area contributed by atoms with Gasteiger partial charge in [0.25, 0.3) is 5.91 Å². The molecule has 2 aromatic carbocycles. The number of carboxylic acid groups (broad SMARTS) is 1. The molecule has 2 N–H and O–H groups in total. The standard InChI is InChI=1S/C29H30F3NO4S/c1-16-25(26(17(2)38-16)27(34)33-23-10-8-20(9-11-23)28(35)36)12-18-4-6-19(7-5-18)21-13-22(29(30,31)32)15-24(14-21)37-3/h4-7,13-15,20,23H,8-12H2,1-3H3,(H,33,34)(H,35,36). The number of thiophene rings is 1. The molecule has 202 valence electrons. The monoisotopic (exact) mass is 545 g/mol. The van der Waals surface area contributed by atoms with E-state index < -0.39 is 17.7 Å². The Morgan fingerprint density at radius 1 is 1.00 bits per heavy atom. The molecule has 0 spiro atoms. The van der Waals surface area contributed by atoms with Crippen LogP contribution in [0.4, 0.5) is 13.2 Å². The van der Waals surface area contributed by atoms with Crippen molar-refractivity contribution < 1.29 is 32.6 Å². The van der Waals surface area contributed by atoms with Crippen LogP contribution >= 0.6 is 11.3 Å². The first-order valence-corrected chi connectivity index (χ1v) is 13.3. The molecule has 38 heavy (non-hydrogen) atoms. The van der Waals surface area contributed by atoms with Crippen LogP contribution in [0.25, 0.3) is 11.1 Å². The molecule has 1 aliphatic rings. The first-order chi connectivity index (χ1) is 18.0. The van der Waals surface area contributed by atoms with E-state index in [0.717, 1.165) is 33.0 Å². The normalized spacial score (nSPS) is 17.7. The number of methoxy groups -OCH3 is 1. The fourth-order valence-corrected chi connectivity index (χ4v) is 6.12. The maximum Gasteiger partial charge on any atom is 0.416 e. The second kappa shape index (κ2) is 11.2. The number of carboxylic acids is 1. The van der Waals surface area contributed by atoms with Crippen LogP contribution < -0.4 is 10.1 Å². The van der Waals surface area contributed by atoms with Crippen LogP contribution in [0.3, 0.4) is 0 Å². The fraction of sp³-hybridized carbons (Fsp3) is 0.379. The summed E-state index contributed by atoms with van der Waals surface area (Å²) in [6.07, 6.45) is -1.58. The number of alkyl halides is 3. The molecule has 5 nitrogen and oxygen atoms in total. The molecular weight excluding hydrogens is 515 g/mol. The van der Waals surface area contributed by atoms with E-state index in [4.69, 9.17) is 4.74 Å². The molecule has 4 rings (SSSR count). The molecule has 1 aliphatic carbocycles. The van der Waals surface area contributed by atoms with Gasteiger partial charge in [0.05, 0.1) is 24.2 Å². The average Bonchev–Trinajstić information content (AvgIpc) is 3.16. The second-order valence-electron chi connectivity index (χ2n) is 9.75. The van der Waals surface area contributed by atoms with Crippen molar-refractivity contribution in [2.45, 2.75) is 58.2 Å². The molecule has 0 aliphatic heterocycles. The molecule has 0 unspecified atom stereocenters. The minimum atomic E-state index is -4.48. The smallest absolute Gasteiger partial charge is 0.416 e. The molecule has 9 heteroatoms. The molecule has 3 aromatic rings. The number of nitrogens with one attached hydrogen (secondary N) is 1. The summed E-state index contributed by atoms with van der Waals surface area (Å²) >= 11 is 1.56. The van der Waals surface area contributed by atoms with E-state index in [1.54, 1.807) is 29.5 Å². The minimum absolute atomic E-state index is 0.0470. The zero-order valence-corrected chi connectivity index (χ0v) is 22.3. The molecular formula is C29H30F3NO4S. The third kappa shape index (κ3) is 6.20. The Morgan fingerprint density at radius 2 is 1.66 bits per heavy atom. The number of benzene rings is 2. The van der Waals surface area contributed by atoms with Gasteiger partial charge in [-0.05, 0) is 86.4 Å². The van der Waals surface area contributed by atoms with Gasteiger partial charge in [0.2, 0.25) is 0 Å². The molecule has 0 atom stereocenters. The molecule has 0 saturated heterocycles. The number of halogens is 3. The van der Waals surface area contributed by atoms with Gasteiger partial charge in [-0.1, -0.05) is 24.3 Å². The number of ether oxygens (including phenoxy) is 1. The van der Waals surface area contributed by atoms with Gasteiger partial charge in [0.1, 0.15) is 5.75 Å². The van der Waals surface area contributed by atoms with Gasteiger partial charge in [0, 0.05) is 15.8 Å². The van der Waals surface area contributed by atoms with Crippen LogP contribution in [-0.4, -0.2) is 30.1 Å². The number of amides is 1. The maximum atomic E-state index is 13.3. The van der Waals surface area contributed by atoms with Crippen LogP contribution in [0.5, 0.6) is 5.75 Å². The predicted octanol–water partition coefficient (Wildman–Crippen LogP) is 7.02. The number of hydrogen-bond acceptors (Lipinski definition) is 4. The fourth-order valence-electron chi connectivity index (χ4n) is 5.05. The van der Waals surface area contributed by atoms with Crippen LogP contribution in [0.2, 0.25) is 0 Å². The van der Waals surface area contributed by atoms with Crippen LogP contribution in [-0.2, 0) is 17.4 Å². The van der Waals surface area contributed by atoms with E-state index in [1.165, 1.54) is 7.11 Å². The summed E-state index contributed by atoms with van der Waals surface area (Å²) in [4.78, 5) is 26.4. The van der Waals surface area contributed by atoms with Crippen LogP contribution in [0, 0.1) is 19.8 Å². The van der Waals surface area contributed by atoms with Gasteiger partial charge in [-0.2, -0.15) is 13.2 Å². The highest BCUT2D eigenvalue weighted by atomic mass is 32.1. The Hall–Kier alpha value is -3.33. The molecule has 0 radical (unpaired) electrons. The Bertz CT molecular complexity index is 1320. The molecule has 1 saturated carbocycles. The number of carbonyl (C=O) groups excluding carboxylic acids is 1. The minimum Gasteiger partial charge on any atom is -0.497 e. The van der Waals surface area contributed by atoms with Crippen molar-refractivity contribution in [2.75, 3.05) is 7.11 Å². The lowest BCUT2D eigenvalue weighted by molar-refractivity contribution is -0.143. The van der Waals surface area contributed by atoms with Gasteiger partial charge < -0.3 is 15.2 Å². The maximum absolute atomic E-state index is 13.3. The number of rotatable bonds is 7. The second-order valence-corrected chi connectivity index (χ2v) is 11.2. The Labute approximate surface area is 223 Å². The van der Waals surface area contributed by atoms with Crippen LogP contribution in [0.1, 0.15) is 62.5 Å². The summed E-state index contributed by atoms with van der Waals surface area (Å²) in [5, 5.41) is 12.3. The van der Waals surface area contributed by atoms with Crippen molar-refractivity contribution in [1.82, 2.24) is 5.32 Å². The summed E-state index contributed by atoms with van der Waals surface area (Å²) < 4.78 is 45.1. The van der Waals surface area contributed by atoms with Gasteiger partial charge in [-0.25, -0.2) is 0 Å². The summed E-state index contributed by atoms with van der Waals surface area (Å²) in [5.74, 6) is -1.13. The Balaban J connectivity index is 1.52. The number of carbonyl (C=O) groups is 2. The van der Waals surface area contributed by atoms with Crippen molar-refractivity contribution >= 4 is 23.2 Å². The van der Waals surface area contributed by atoms with E-state index in [9.17, 15) is 27.9 Å². The van der Waals surface area contributed by atoms with E-state index in [2.05, 4.69) is 5.32 Å². The molecule has 1 fully saturated rings. The Kier molecular flexibility index (Phi) is 8.16. The first-order valence-electron chi connectivity index (χ1n) is 12.4. The van der Waals surface area contributed by atoms with E-state index in [0.29, 0.717) is 48.8 Å². The summed E-state index contributed by atoms with van der Waals surface area (Å²) in [7, 11) is 1.34. The van der Waals surface area contributed by atoms with Crippen molar-refractivity contribution in [3.63, 3.8) is 0 Å². The van der Waals surface area contributed by atoms with Crippen LogP contribution in [0.15, 0.2) is 42.5 Å². The zero-order valence-electron chi connectivity index (χ0n) is 21.4. The van der Waals surface area contributed by atoms with Crippen molar-refractivity contribution in [1.29, 1.82) is 0 Å². The third-order valence-electron chi connectivity index (χ3n) is 7.16. The third-order valence-corrected chi connectivity index (χ3v) is 8.22. The van der Waals surface area contributed by atoms with E-state index in [1.807, 2.05) is 26.0 Å². The van der Waals surface area contributed by atoms with Crippen molar-refractivity contribution in [3.05, 3.63) is 74.5 Å². The zero-order chi connectivity index (χ0) is 27.6. The highest BCUT2D eigenvalue weighted by Crippen LogP contribution is 2.36. The molecule has 1 amide bonds. The van der Waals surface area contributed by atoms with E-state index >= 15 is 0 Å². The summed E-state index contributed by atoms with van der Waals surface area (Å²) in [6, 6.07) is 10.9. The highest BCUT2D eigenvalue weighted by Gasteiger charge is 2.32. The summed E-state index contributed by atoms with van der Waals surface area (Å²) in [5.41, 5.74) is 2.78. The van der Waals surface area contributed by atoms with Gasteiger partial charge >= 0.3 is 12.1 Å². The van der Waals surface area contributed by atoms with Gasteiger partial charge in [-0.3, -0.25) is 9.59 Å². The largest absolute Gasteiger partial charge is 0.497 e. The SMILES string of the molecule is COc1cc(-c2ccc(Cc3c(C)sc(C)c3C(=O)NC3CCC(C(=O)O)CC3)cc2)cc(C(F)(F)F)c1. The molecule has 0 bridgehead atoms. The van der Waals surface area contributed by atoms with Crippen molar-refractivity contribution in [2.24, 2.45) is 5.92 Å². The predicted molar refractivity (Wildman–Crippen MR) is 141 cm³/mol. The quantitative estimate of drug-likeness (QED) is 0.335. The van der Waals surface area contributed by atoms with Crippen molar-refractivity contribution in [3.8, 4) is 16.9 Å². The molecule has 1 aromatic heterocycles. The number of hydrogen-bond donors (Lipinski definition) is 2. The average molecular weight is 546 g/mol. The lowest BCUT2D eigenvalue weighted by Crippen LogP contribution is -2.39. The number of aliphatic carboxylic acids is 1. The topological polar surface area (TPSA) is 75.6 Å².